The van der Waals surface area contributed by atoms with Gasteiger partial charge in [-0.25, -0.2) is 22.4 Å². The van der Waals surface area contributed by atoms with Crippen LogP contribution in [0.15, 0.2) is 11.4 Å². The Morgan fingerprint density at radius 1 is 1.38 bits per heavy atom. The molecule has 0 atom stereocenters. The van der Waals surface area contributed by atoms with E-state index in [1.54, 1.807) is 0 Å². The van der Waals surface area contributed by atoms with Crippen LogP contribution in [0.4, 0.5) is 17.6 Å². The van der Waals surface area contributed by atoms with E-state index in [-0.39, 0.29) is 11.4 Å². The molecule has 0 radical (unpaired) electrons. The Labute approximate surface area is 124 Å². The van der Waals surface area contributed by atoms with Gasteiger partial charge in [0.05, 0.1) is 11.6 Å². The van der Waals surface area contributed by atoms with E-state index < -0.39 is 35.2 Å². The van der Waals surface area contributed by atoms with Crippen LogP contribution in [0.2, 0.25) is 5.02 Å². The van der Waals surface area contributed by atoms with Crippen molar-refractivity contribution >= 4 is 28.9 Å². The first-order valence-corrected chi connectivity index (χ1v) is 6.70. The lowest BCUT2D eigenvalue weighted by Crippen LogP contribution is -2.06. The number of alkyl halides is 4. The van der Waals surface area contributed by atoms with Crippen molar-refractivity contribution in [1.82, 2.24) is 9.78 Å². The minimum Gasteiger partial charge on any atom is -0.477 e. The molecule has 2 heterocycles. The van der Waals surface area contributed by atoms with Crippen molar-refractivity contribution in [1.29, 1.82) is 0 Å². The Morgan fingerprint density at radius 3 is 2.52 bits per heavy atom. The summed E-state index contributed by atoms with van der Waals surface area (Å²) in [5.74, 6) is -1.16. The van der Waals surface area contributed by atoms with Crippen LogP contribution >= 0.6 is 22.9 Å². The highest BCUT2D eigenvalue weighted by molar-refractivity contribution is 7.12. The molecule has 4 nitrogen and oxygen atoms in total. The van der Waals surface area contributed by atoms with E-state index in [9.17, 15) is 22.4 Å². The molecule has 114 valence electrons. The summed E-state index contributed by atoms with van der Waals surface area (Å²) in [5, 5.41) is 12.8. The van der Waals surface area contributed by atoms with Crippen molar-refractivity contribution in [2.75, 3.05) is 0 Å². The molecule has 0 bridgehead atoms. The number of halogens is 5. The van der Waals surface area contributed by atoms with Gasteiger partial charge in [-0.1, -0.05) is 11.6 Å². The van der Waals surface area contributed by atoms with Crippen LogP contribution < -0.4 is 0 Å². The quantitative estimate of drug-likeness (QED) is 0.828. The van der Waals surface area contributed by atoms with Crippen LogP contribution in [-0.4, -0.2) is 20.9 Å². The monoisotopic (exact) mass is 342 g/mol. The molecule has 0 aliphatic rings. The largest absolute Gasteiger partial charge is 0.477 e. The Morgan fingerprint density at radius 2 is 2.05 bits per heavy atom. The fourth-order valence-corrected chi connectivity index (χ4v) is 2.73. The number of carbonyl (C=O) groups is 1. The molecule has 0 saturated carbocycles. The standard InChI is InChI=1S/C11H7ClF4N2O2S/c12-6-7(9(13)14)17-18(8(6)10(15)16)2-4-1-5(11(19)20)21-3-4/h1,3,9-10H,2H2,(H,19,20). The van der Waals surface area contributed by atoms with Gasteiger partial charge < -0.3 is 5.11 Å². The summed E-state index contributed by atoms with van der Waals surface area (Å²) in [5.41, 5.74) is -1.37. The first-order chi connectivity index (χ1) is 9.81. The van der Waals surface area contributed by atoms with Crippen molar-refractivity contribution in [2.45, 2.75) is 19.4 Å². The molecule has 0 saturated heterocycles. The lowest BCUT2D eigenvalue weighted by molar-refractivity contribution is 0.0702. The van der Waals surface area contributed by atoms with Gasteiger partial charge in [0.15, 0.2) is 0 Å². The number of nitrogens with zero attached hydrogens (tertiary/aromatic N) is 2. The Balaban J connectivity index is 2.38. The molecule has 0 aromatic carbocycles. The zero-order chi connectivity index (χ0) is 15.7. The van der Waals surface area contributed by atoms with Gasteiger partial charge in [0.25, 0.3) is 12.9 Å². The summed E-state index contributed by atoms with van der Waals surface area (Å²) < 4.78 is 51.8. The molecular formula is C11H7ClF4N2O2S. The molecule has 21 heavy (non-hydrogen) atoms. The van der Waals surface area contributed by atoms with E-state index in [1.165, 1.54) is 11.4 Å². The summed E-state index contributed by atoms with van der Waals surface area (Å²) in [4.78, 5) is 10.7. The zero-order valence-corrected chi connectivity index (χ0v) is 11.6. The van der Waals surface area contributed by atoms with Crippen molar-refractivity contribution in [3.05, 3.63) is 38.3 Å². The SMILES string of the molecule is O=C(O)c1cc(Cn2nc(C(F)F)c(Cl)c2C(F)F)cs1. The average Bonchev–Trinajstić information content (AvgIpc) is 2.94. The van der Waals surface area contributed by atoms with E-state index in [1.807, 2.05) is 0 Å². The number of rotatable bonds is 5. The van der Waals surface area contributed by atoms with Gasteiger partial charge in [-0.3, -0.25) is 4.68 Å². The summed E-state index contributed by atoms with van der Waals surface area (Å²) in [7, 11) is 0. The maximum Gasteiger partial charge on any atom is 0.345 e. The minimum atomic E-state index is -3.08. The molecule has 0 unspecified atom stereocenters. The second kappa shape index (κ2) is 6.02. The highest BCUT2D eigenvalue weighted by atomic mass is 35.5. The number of carboxylic acid groups (broad SMARTS) is 1. The molecule has 1 N–H and O–H groups in total. The highest BCUT2D eigenvalue weighted by Crippen LogP contribution is 2.35. The van der Waals surface area contributed by atoms with Crippen LogP contribution in [0.1, 0.15) is 39.5 Å². The lowest BCUT2D eigenvalue weighted by Gasteiger charge is -2.05. The first kappa shape index (κ1) is 15.8. The average molecular weight is 343 g/mol. The summed E-state index contributed by atoms with van der Waals surface area (Å²) in [6, 6.07) is 1.26. The smallest absolute Gasteiger partial charge is 0.345 e. The zero-order valence-electron chi connectivity index (χ0n) is 10.1. The van der Waals surface area contributed by atoms with Crippen molar-refractivity contribution in [2.24, 2.45) is 0 Å². The molecule has 0 amide bonds. The molecule has 2 rings (SSSR count). The third-order valence-corrected chi connectivity index (χ3v) is 3.92. The number of thiophene rings is 1. The summed E-state index contributed by atoms with van der Waals surface area (Å²) in [6.45, 7) is -0.268. The predicted molar refractivity (Wildman–Crippen MR) is 67.5 cm³/mol. The van der Waals surface area contributed by atoms with E-state index in [2.05, 4.69) is 5.10 Å². The number of hydrogen-bond acceptors (Lipinski definition) is 3. The van der Waals surface area contributed by atoms with E-state index in [0.717, 1.165) is 11.3 Å². The third kappa shape index (κ3) is 3.18. The van der Waals surface area contributed by atoms with Crippen molar-refractivity contribution in [3.63, 3.8) is 0 Å². The predicted octanol–water partition coefficient (Wildman–Crippen LogP) is 4.22. The normalized spacial score (nSPS) is 11.6. The number of aromatic carboxylic acids is 1. The van der Waals surface area contributed by atoms with Crippen LogP contribution in [0.25, 0.3) is 0 Å². The second-order valence-corrected chi connectivity index (χ2v) is 5.26. The van der Waals surface area contributed by atoms with Crippen molar-refractivity contribution in [3.8, 4) is 0 Å². The highest BCUT2D eigenvalue weighted by Gasteiger charge is 2.28. The number of aromatic nitrogens is 2. The third-order valence-electron chi connectivity index (χ3n) is 2.57. The Hall–Kier alpha value is -1.61. The van der Waals surface area contributed by atoms with Gasteiger partial charge in [-0.2, -0.15) is 5.10 Å². The summed E-state index contributed by atoms with van der Waals surface area (Å²) in [6.07, 6.45) is -6.15. The molecule has 10 heteroatoms. The minimum absolute atomic E-state index is 0.0101. The summed E-state index contributed by atoms with van der Waals surface area (Å²) >= 11 is 6.41. The van der Waals surface area contributed by atoms with E-state index in [4.69, 9.17) is 16.7 Å². The molecule has 0 spiro atoms. The molecule has 0 aliphatic heterocycles. The van der Waals surface area contributed by atoms with E-state index >= 15 is 0 Å². The van der Waals surface area contributed by atoms with Gasteiger partial charge in [-0.05, 0) is 17.0 Å². The molecule has 2 aromatic heterocycles. The van der Waals surface area contributed by atoms with Gasteiger partial charge in [0.1, 0.15) is 16.3 Å². The Bertz CT molecular complexity index is 671. The second-order valence-electron chi connectivity index (χ2n) is 3.97. The van der Waals surface area contributed by atoms with Gasteiger partial charge in [0, 0.05) is 0 Å². The fraction of sp³-hybridized carbons (Fsp3) is 0.273. The molecule has 0 fully saturated rings. The molecule has 2 aromatic rings. The molecular weight excluding hydrogens is 336 g/mol. The van der Waals surface area contributed by atoms with Crippen LogP contribution in [0, 0.1) is 0 Å². The van der Waals surface area contributed by atoms with E-state index in [0.29, 0.717) is 10.2 Å². The van der Waals surface area contributed by atoms with Gasteiger partial charge in [-0.15, -0.1) is 11.3 Å². The van der Waals surface area contributed by atoms with Crippen molar-refractivity contribution < 1.29 is 27.5 Å². The van der Waals surface area contributed by atoms with Gasteiger partial charge >= 0.3 is 5.97 Å². The van der Waals surface area contributed by atoms with Crippen LogP contribution in [0.3, 0.4) is 0 Å². The number of carboxylic acids is 1. The van der Waals surface area contributed by atoms with Crippen LogP contribution in [-0.2, 0) is 6.54 Å². The number of hydrogen-bond donors (Lipinski definition) is 1. The van der Waals surface area contributed by atoms with Crippen LogP contribution in [0.5, 0.6) is 0 Å². The Kier molecular flexibility index (Phi) is 4.52. The van der Waals surface area contributed by atoms with Gasteiger partial charge in [0.2, 0.25) is 0 Å². The topological polar surface area (TPSA) is 55.1 Å². The molecule has 0 aliphatic carbocycles. The lowest BCUT2D eigenvalue weighted by atomic mass is 10.3. The maximum absolute atomic E-state index is 12.9. The maximum atomic E-state index is 12.9. The fourth-order valence-electron chi connectivity index (χ4n) is 1.68. The first-order valence-electron chi connectivity index (χ1n) is 5.44.